The summed E-state index contributed by atoms with van der Waals surface area (Å²) in [6.07, 6.45) is 0. The van der Waals surface area contributed by atoms with Crippen LogP contribution >= 0.6 is 0 Å². The number of hydrogen-bond acceptors (Lipinski definition) is 2. The van der Waals surface area contributed by atoms with E-state index in [4.69, 9.17) is 0 Å². The monoisotopic (exact) mass is 276 g/mol. The molecule has 0 bridgehead atoms. The third-order valence-corrected chi connectivity index (χ3v) is 3.04. The van der Waals surface area contributed by atoms with Crippen molar-refractivity contribution in [1.29, 1.82) is 0 Å². The van der Waals surface area contributed by atoms with E-state index in [1.165, 1.54) is 6.92 Å². The number of benzene rings is 1. The van der Waals surface area contributed by atoms with E-state index in [2.05, 4.69) is 0 Å². The second-order valence-electron chi connectivity index (χ2n) is 5.27. The largest absolute Gasteiger partial charge is 0.333 e. The van der Waals surface area contributed by atoms with Crippen LogP contribution in [0.3, 0.4) is 0 Å². The molecule has 0 spiro atoms. The molecular formula is C16H24N2O2. The highest BCUT2D eigenvalue weighted by Crippen LogP contribution is 2.13. The Bertz CT molecular complexity index is 443. The van der Waals surface area contributed by atoms with Gasteiger partial charge in [-0.2, -0.15) is 0 Å². The van der Waals surface area contributed by atoms with Crippen LogP contribution in [-0.2, 0) is 9.59 Å². The molecule has 20 heavy (non-hydrogen) atoms. The van der Waals surface area contributed by atoms with Crippen LogP contribution in [0, 0.1) is 5.92 Å². The van der Waals surface area contributed by atoms with Crippen molar-refractivity contribution in [3.05, 3.63) is 30.3 Å². The Morgan fingerprint density at radius 1 is 1.15 bits per heavy atom. The molecular weight excluding hydrogens is 252 g/mol. The highest BCUT2D eigenvalue weighted by Gasteiger charge is 2.19. The first kappa shape index (κ1) is 16.2. The molecule has 0 aromatic heterocycles. The fourth-order valence-electron chi connectivity index (χ4n) is 2.10. The Kier molecular flexibility index (Phi) is 6.22. The first-order valence-electron chi connectivity index (χ1n) is 7.06. The predicted octanol–water partition coefficient (Wildman–Crippen LogP) is 2.54. The van der Waals surface area contributed by atoms with Crippen LogP contribution in [0.15, 0.2) is 30.3 Å². The number of rotatable bonds is 6. The average molecular weight is 276 g/mol. The summed E-state index contributed by atoms with van der Waals surface area (Å²) in [5.74, 6) is 0.240. The van der Waals surface area contributed by atoms with Crippen LogP contribution < -0.4 is 4.90 Å². The SMILES string of the molecule is CCN(C(=O)CN(CC(C)C)C(C)=O)c1ccccc1. The van der Waals surface area contributed by atoms with Crippen LogP contribution in [0.2, 0.25) is 0 Å². The second kappa shape index (κ2) is 7.68. The minimum atomic E-state index is -0.0591. The number of anilines is 1. The van der Waals surface area contributed by atoms with Gasteiger partial charge in [0.05, 0.1) is 0 Å². The fraction of sp³-hybridized carbons (Fsp3) is 0.500. The molecule has 1 rings (SSSR count). The molecule has 1 aromatic carbocycles. The Morgan fingerprint density at radius 2 is 1.75 bits per heavy atom. The lowest BCUT2D eigenvalue weighted by molar-refractivity contribution is -0.133. The van der Waals surface area contributed by atoms with Crippen LogP contribution in [0.25, 0.3) is 0 Å². The van der Waals surface area contributed by atoms with E-state index in [0.717, 1.165) is 5.69 Å². The van der Waals surface area contributed by atoms with Crippen molar-refractivity contribution in [2.75, 3.05) is 24.5 Å². The summed E-state index contributed by atoms with van der Waals surface area (Å²) < 4.78 is 0. The molecule has 0 N–H and O–H groups in total. The summed E-state index contributed by atoms with van der Waals surface area (Å²) >= 11 is 0. The van der Waals surface area contributed by atoms with Gasteiger partial charge >= 0.3 is 0 Å². The molecule has 0 aliphatic carbocycles. The zero-order valence-electron chi connectivity index (χ0n) is 12.8. The average Bonchev–Trinajstić information content (AvgIpc) is 2.39. The zero-order chi connectivity index (χ0) is 15.1. The molecule has 2 amide bonds. The van der Waals surface area contributed by atoms with Crippen molar-refractivity contribution < 1.29 is 9.59 Å². The second-order valence-corrected chi connectivity index (χ2v) is 5.27. The van der Waals surface area contributed by atoms with Gasteiger partial charge in [-0.3, -0.25) is 9.59 Å². The van der Waals surface area contributed by atoms with Gasteiger partial charge in [0.2, 0.25) is 11.8 Å². The van der Waals surface area contributed by atoms with E-state index in [1.807, 2.05) is 51.1 Å². The van der Waals surface area contributed by atoms with Crippen molar-refractivity contribution in [1.82, 2.24) is 4.90 Å². The van der Waals surface area contributed by atoms with Gasteiger partial charge in [-0.05, 0) is 25.0 Å². The molecule has 110 valence electrons. The van der Waals surface area contributed by atoms with Gasteiger partial charge in [-0.15, -0.1) is 0 Å². The molecule has 1 aromatic rings. The van der Waals surface area contributed by atoms with Crippen molar-refractivity contribution in [3.63, 3.8) is 0 Å². The van der Waals surface area contributed by atoms with Crippen LogP contribution in [0.5, 0.6) is 0 Å². The molecule has 0 unspecified atom stereocenters. The molecule has 0 heterocycles. The number of hydrogen-bond donors (Lipinski definition) is 0. The van der Waals surface area contributed by atoms with E-state index < -0.39 is 0 Å². The van der Waals surface area contributed by atoms with Crippen molar-refractivity contribution in [3.8, 4) is 0 Å². The summed E-state index contributed by atoms with van der Waals surface area (Å²) in [6.45, 7) is 8.85. The van der Waals surface area contributed by atoms with Crippen LogP contribution in [0.4, 0.5) is 5.69 Å². The normalized spacial score (nSPS) is 10.4. The number of para-hydroxylation sites is 1. The first-order chi connectivity index (χ1) is 9.45. The Hall–Kier alpha value is -1.84. The summed E-state index contributed by atoms with van der Waals surface area (Å²) in [6, 6.07) is 9.54. The Labute approximate surface area is 121 Å². The van der Waals surface area contributed by atoms with E-state index >= 15 is 0 Å². The molecule has 0 atom stereocenters. The highest BCUT2D eigenvalue weighted by molar-refractivity contribution is 5.96. The van der Waals surface area contributed by atoms with Gasteiger partial charge in [0.1, 0.15) is 6.54 Å². The topological polar surface area (TPSA) is 40.6 Å². The fourth-order valence-corrected chi connectivity index (χ4v) is 2.10. The lowest BCUT2D eigenvalue weighted by atomic mass is 10.2. The van der Waals surface area contributed by atoms with Crippen molar-refractivity contribution >= 4 is 17.5 Å². The molecule has 0 radical (unpaired) electrons. The van der Waals surface area contributed by atoms with Crippen LogP contribution in [-0.4, -0.2) is 36.3 Å². The zero-order valence-corrected chi connectivity index (χ0v) is 12.8. The molecule has 0 saturated carbocycles. The lowest BCUT2D eigenvalue weighted by Crippen LogP contribution is -2.43. The van der Waals surface area contributed by atoms with Gasteiger partial charge in [0.15, 0.2) is 0 Å². The Balaban J connectivity index is 2.78. The first-order valence-corrected chi connectivity index (χ1v) is 7.06. The molecule has 0 saturated heterocycles. The molecule has 0 fully saturated rings. The maximum absolute atomic E-state index is 12.4. The Morgan fingerprint density at radius 3 is 2.20 bits per heavy atom. The summed E-state index contributed by atoms with van der Waals surface area (Å²) in [4.78, 5) is 27.3. The van der Waals surface area contributed by atoms with E-state index in [1.54, 1.807) is 9.80 Å². The highest BCUT2D eigenvalue weighted by atomic mass is 16.2. The minimum absolute atomic E-state index is 0.0467. The maximum Gasteiger partial charge on any atom is 0.246 e. The smallest absolute Gasteiger partial charge is 0.246 e. The molecule has 4 heteroatoms. The maximum atomic E-state index is 12.4. The van der Waals surface area contributed by atoms with Gasteiger partial charge in [-0.1, -0.05) is 32.0 Å². The van der Waals surface area contributed by atoms with Crippen LogP contribution in [0.1, 0.15) is 27.7 Å². The van der Waals surface area contributed by atoms with E-state index in [-0.39, 0.29) is 18.4 Å². The summed E-state index contributed by atoms with van der Waals surface area (Å²) in [5.41, 5.74) is 0.869. The van der Waals surface area contributed by atoms with Crippen molar-refractivity contribution in [2.45, 2.75) is 27.7 Å². The number of amides is 2. The van der Waals surface area contributed by atoms with Crippen molar-refractivity contribution in [2.24, 2.45) is 5.92 Å². The van der Waals surface area contributed by atoms with E-state index in [0.29, 0.717) is 19.0 Å². The molecule has 0 aliphatic rings. The quantitative estimate of drug-likeness (QED) is 0.801. The third kappa shape index (κ3) is 4.68. The van der Waals surface area contributed by atoms with Gasteiger partial charge < -0.3 is 9.80 Å². The molecule has 4 nitrogen and oxygen atoms in total. The third-order valence-electron chi connectivity index (χ3n) is 3.04. The number of likely N-dealkylation sites (N-methyl/N-ethyl adjacent to an activating group) is 1. The molecule has 0 aliphatic heterocycles. The summed E-state index contributed by atoms with van der Waals surface area (Å²) in [5, 5.41) is 0. The van der Waals surface area contributed by atoms with Gasteiger partial charge in [0.25, 0.3) is 0 Å². The summed E-state index contributed by atoms with van der Waals surface area (Å²) in [7, 11) is 0. The van der Waals surface area contributed by atoms with E-state index in [9.17, 15) is 9.59 Å². The van der Waals surface area contributed by atoms with Gasteiger partial charge in [-0.25, -0.2) is 0 Å². The predicted molar refractivity (Wildman–Crippen MR) is 81.6 cm³/mol. The number of carbonyl (C=O) groups is 2. The number of carbonyl (C=O) groups excluding carboxylic acids is 2. The standard InChI is InChI=1S/C16H24N2O2/c1-5-18(15-9-7-6-8-10-15)16(20)12-17(14(4)19)11-13(2)3/h6-10,13H,5,11-12H2,1-4H3. The minimum Gasteiger partial charge on any atom is -0.333 e. The van der Waals surface area contributed by atoms with Gasteiger partial charge in [0, 0.05) is 25.7 Å². The number of nitrogens with zero attached hydrogens (tertiary/aromatic N) is 2. The lowest BCUT2D eigenvalue weighted by Gasteiger charge is -2.27.